The van der Waals surface area contributed by atoms with Gasteiger partial charge in [-0.1, -0.05) is 20.3 Å². The molecule has 10 heavy (non-hydrogen) atoms. The quantitative estimate of drug-likeness (QED) is 0.582. The molecular weight excluding hydrogens is 122 g/mol. The monoisotopic (exact) mass is 141 g/mol. The summed E-state index contributed by atoms with van der Waals surface area (Å²) >= 11 is 0. The summed E-state index contributed by atoms with van der Waals surface area (Å²) < 4.78 is 0. The summed E-state index contributed by atoms with van der Waals surface area (Å²) in [5.41, 5.74) is 0. The van der Waals surface area contributed by atoms with Crippen LogP contribution in [0.1, 0.15) is 33.6 Å². The zero-order chi connectivity index (χ0) is 7.56. The van der Waals surface area contributed by atoms with E-state index < -0.39 is 0 Å². The summed E-state index contributed by atoms with van der Waals surface area (Å²) in [6.07, 6.45) is 2.69. The van der Waals surface area contributed by atoms with Crippen LogP contribution in [0.2, 0.25) is 0 Å². The Hall–Kier alpha value is -0.0400. The summed E-state index contributed by atoms with van der Waals surface area (Å²) in [6.45, 7) is 9.60. The molecule has 0 radical (unpaired) electrons. The van der Waals surface area contributed by atoms with Crippen LogP contribution in [0.25, 0.3) is 0 Å². The van der Waals surface area contributed by atoms with Gasteiger partial charge in [0, 0.05) is 19.1 Å². The number of rotatable bonds is 3. The molecule has 0 aromatic rings. The molecule has 60 valence electrons. The summed E-state index contributed by atoms with van der Waals surface area (Å²) in [5, 5.41) is 0. The van der Waals surface area contributed by atoms with E-state index in [1.165, 1.54) is 25.9 Å². The van der Waals surface area contributed by atoms with Crippen molar-refractivity contribution in [3.05, 3.63) is 0 Å². The van der Waals surface area contributed by atoms with Gasteiger partial charge in [-0.2, -0.15) is 0 Å². The van der Waals surface area contributed by atoms with Gasteiger partial charge in [0.1, 0.15) is 0 Å². The number of nitrogens with zero attached hydrogens (tertiary/aromatic N) is 1. The van der Waals surface area contributed by atoms with Crippen LogP contribution < -0.4 is 0 Å². The minimum absolute atomic E-state index is 0.834. The van der Waals surface area contributed by atoms with E-state index in [0.717, 1.165) is 12.0 Å². The van der Waals surface area contributed by atoms with Crippen LogP contribution >= 0.6 is 0 Å². The molecule has 0 bridgehead atoms. The van der Waals surface area contributed by atoms with E-state index in [4.69, 9.17) is 0 Å². The molecule has 1 nitrogen and oxygen atoms in total. The SMILES string of the molecule is CCCC(C)N1CC(C)C1. The van der Waals surface area contributed by atoms with Crippen molar-refractivity contribution in [2.24, 2.45) is 5.92 Å². The van der Waals surface area contributed by atoms with Gasteiger partial charge in [-0.05, 0) is 19.3 Å². The molecule has 1 aliphatic heterocycles. The molecule has 1 atom stereocenters. The Morgan fingerprint density at radius 3 is 2.50 bits per heavy atom. The third-order valence-corrected chi connectivity index (χ3v) is 2.42. The fourth-order valence-corrected chi connectivity index (χ4v) is 1.71. The van der Waals surface area contributed by atoms with Gasteiger partial charge < -0.3 is 4.90 Å². The molecule has 0 aliphatic carbocycles. The average Bonchev–Trinajstić information content (AvgIpc) is 1.82. The first-order valence-electron chi connectivity index (χ1n) is 4.48. The fraction of sp³-hybridized carbons (Fsp3) is 1.00. The van der Waals surface area contributed by atoms with Crippen LogP contribution in [-0.4, -0.2) is 24.0 Å². The number of hydrogen-bond acceptors (Lipinski definition) is 1. The Bertz CT molecular complexity index is 92.1. The van der Waals surface area contributed by atoms with Crippen molar-refractivity contribution in [1.29, 1.82) is 0 Å². The molecule has 0 saturated carbocycles. The molecule has 1 heteroatoms. The van der Waals surface area contributed by atoms with Crippen LogP contribution in [0, 0.1) is 5.92 Å². The Balaban J connectivity index is 2.11. The van der Waals surface area contributed by atoms with E-state index in [1.807, 2.05) is 0 Å². The fourth-order valence-electron chi connectivity index (χ4n) is 1.71. The molecular formula is C9H19N. The van der Waals surface area contributed by atoms with Crippen LogP contribution in [-0.2, 0) is 0 Å². The molecule has 1 heterocycles. The van der Waals surface area contributed by atoms with Crippen molar-refractivity contribution in [1.82, 2.24) is 4.90 Å². The third-order valence-electron chi connectivity index (χ3n) is 2.42. The van der Waals surface area contributed by atoms with Crippen LogP contribution in [0.4, 0.5) is 0 Å². The molecule has 1 rings (SSSR count). The third kappa shape index (κ3) is 1.72. The van der Waals surface area contributed by atoms with E-state index in [0.29, 0.717) is 0 Å². The first-order valence-corrected chi connectivity index (χ1v) is 4.48. The predicted octanol–water partition coefficient (Wildman–Crippen LogP) is 2.13. The Labute approximate surface area is 64.4 Å². The second-order valence-electron chi connectivity index (χ2n) is 3.70. The Kier molecular flexibility index (Phi) is 2.72. The van der Waals surface area contributed by atoms with Gasteiger partial charge in [0.25, 0.3) is 0 Å². The summed E-state index contributed by atoms with van der Waals surface area (Å²) in [4.78, 5) is 2.58. The Morgan fingerprint density at radius 2 is 2.10 bits per heavy atom. The topological polar surface area (TPSA) is 3.24 Å². The molecule has 1 aliphatic rings. The van der Waals surface area contributed by atoms with Gasteiger partial charge in [-0.15, -0.1) is 0 Å². The highest BCUT2D eigenvalue weighted by molar-refractivity contribution is 4.80. The Morgan fingerprint density at radius 1 is 1.50 bits per heavy atom. The molecule has 0 N–H and O–H groups in total. The number of hydrogen-bond donors (Lipinski definition) is 0. The zero-order valence-electron chi connectivity index (χ0n) is 7.43. The lowest BCUT2D eigenvalue weighted by molar-refractivity contribution is 0.0662. The van der Waals surface area contributed by atoms with Crippen molar-refractivity contribution in [3.63, 3.8) is 0 Å². The lowest BCUT2D eigenvalue weighted by Crippen LogP contribution is -2.49. The molecule has 1 fully saturated rings. The first kappa shape index (κ1) is 8.06. The van der Waals surface area contributed by atoms with Crippen molar-refractivity contribution >= 4 is 0 Å². The summed E-state index contributed by atoms with van der Waals surface area (Å²) in [6, 6.07) is 0.834. The van der Waals surface area contributed by atoms with Crippen LogP contribution in [0.15, 0.2) is 0 Å². The minimum atomic E-state index is 0.834. The molecule has 1 saturated heterocycles. The van der Waals surface area contributed by atoms with E-state index in [-0.39, 0.29) is 0 Å². The normalized spacial score (nSPS) is 24.3. The van der Waals surface area contributed by atoms with E-state index in [1.54, 1.807) is 0 Å². The standard InChI is InChI=1S/C9H19N/c1-4-5-9(3)10-6-8(2)7-10/h8-9H,4-7H2,1-3H3. The number of likely N-dealkylation sites (tertiary alicyclic amines) is 1. The maximum absolute atomic E-state index is 2.58. The second kappa shape index (κ2) is 3.38. The molecule has 0 amide bonds. The summed E-state index contributed by atoms with van der Waals surface area (Å²) in [5.74, 6) is 0.958. The van der Waals surface area contributed by atoms with Crippen molar-refractivity contribution in [2.45, 2.75) is 39.7 Å². The first-order chi connectivity index (χ1) is 4.74. The van der Waals surface area contributed by atoms with Gasteiger partial charge in [-0.3, -0.25) is 0 Å². The molecule has 0 spiro atoms. The highest BCUT2D eigenvalue weighted by Crippen LogP contribution is 2.19. The van der Waals surface area contributed by atoms with Gasteiger partial charge in [0.2, 0.25) is 0 Å². The predicted molar refractivity (Wildman–Crippen MR) is 45.1 cm³/mol. The minimum Gasteiger partial charge on any atom is -0.300 e. The zero-order valence-corrected chi connectivity index (χ0v) is 7.43. The van der Waals surface area contributed by atoms with E-state index in [9.17, 15) is 0 Å². The van der Waals surface area contributed by atoms with Crippen molar-refractivity contribution in [3.8, 4) is 0 Å². The van der Waals surface area contributed by atoms with Crippen LogP contribution in [0.3, 0.4) is 0 Å². The van der Waals surface area contributed by atoms with Crippen molar-refractivity contribution < 1.29 is 0 Å². The van der Waals surface area contributed by atoms with E-state index >= 15 is 0 Å². The van der Waals surface area contributed by atoms with Gasteiger partial charge in [-0.25, -0.2) is 0 Å². The highest BCUT2D eigenvalue weighted by Gasteiger charge is 2.25. The van der Waals surface area contributed by atoms with E-state index in [2.05, 4.69) is 25.7 Å². The largest absolute Gasteiger partial charge is 0.300 e. The van der Waals surface area contributed by atoms with Gasteiger partial charge >= 0.3 is 0 Å². The summed E-state index contributed by atoms with van der Waals surface area (Å²) in [7, 11) is 0. The lowest BCUT2D eigenvalue weighted by Gasteiger charge is -2.41. The molecule has 0 aromatic heterocycles. The van der Waals surface area contributed by atoms with Gasteiger partial charge in [0.15, 0.2) is 0 Å². The smallest absolute Gasteiger partial charge is 0.00670 e. The molecule has 0 aromatic carbocycles. The van der Waals surface area contributed by atoms with Gasteiger partial charge in [0.05, 0.1) is 0 Å². The lowest BCUT2D eigenvalue weighted by atomic mass is 9.99. The maximum Gasteiger partial charge on any atom is 0.00670 e. The molecule has 1 unspecified atom stereocenters. The second-order valence-corrected chi connectivity index (χ2v) is 3.70. The van der Waals surface area contributed by atoms with Crippen molar-refractivity contribution in [2.75, 3.05) is 13.1 Å². The highest BCUT2D eigenvalue weighted by atomic mass is 15.2. The van der Waals surface area contributed by atoms with Crippen LogP contribution in [0.5, 0.6) is 0 Å². The average molecular weight is 141 g/mol. The maximum atomic E-state index is 2.58.